The summed E-state index contributed by atoms with van der Waals surface area (Å²) in [5.74, 6) is -0.434. The lowest BCUT2D eigenvalue weighted by molar-refractivity contribution is -0.154. The van der Waals surface area contributed by atoms with Gasteiger partial charge < -0.3 is 10.1 Å². The van der Waals surface area contributed by atoms with E-state index in [0.29, 0.717) is 12.5 Å². The van der Waals surface area contributed by atoms with E-state index in [4.69, 9.17) is 0 Å². The molecule has 1 rings (SSSR count). The first-order valence-electron chi connectivity index (χ1n) is 5.82. The molecule has 0 unspecified atom stereocenters. The molecule has 0 radical (unpaired) electrons. The van der Waals surface area contributed by atoms with Gasteiger partial charge in [-0.15, -0.1) is 0 Å². The van der Waals surface area contributed by atoms with Gasteiger partial charge in [0.1, 0.15) is 5.82 Å². The lowest BCUT2D eigenvalue weighted by Crippen LogP contribution is -2.22. The van der Waals surface area contributed by atoms with Gasteiger partial charge in [-0.25, -0.2) is 9.37 Å². The Balaban J connectivity index is 2.68. The smallest absolute Gasteiger partial charge is 0.422 e. The van der Waals surface area contributed by atoms with Crippen LogP contribution in [0.15, 0.2) is 12.3 Å². The van der Waals surface area contributed by atoms with Crippen LogP contribution in [0.25, 0.3) is 0 Å². The summed E-state index contributed by atoms with van der Waals surface area (Å²) in [6.45, 7) is 3.39. The molecule has 0 amide bonds. The third-order valence-corrected chi connectivity index (χ3v) is 2.13. The lowest BCUT2D eigenvalue weighted by atomic mass is 10.2. The molecule has 19 heavy (non-hydrogen) atoms. The van der Waals surface area contributed by atoms with E-state index in [2.05, 4.69) is 15.0 Å². The minimum absolute atomic E-state index is 0.199. The number of halogens is 4. The fourth-order valence-corrected chi connectivity index (χ4v) is 1.37. The van der Waals surface area contributed by atoms with E-state index < -0.39 is 18.6 Å². The SMILES string of the molecule is CC(C)CNCc1cc(F)cnc1OCC(F)(F)F. The van der Waals surface area contributed by atoms with Gasteiger partial charge in [-0.2, -0.15) is 13.2 Å². The molecule has 3 nitrogen and oxygen atoms in total. The van der Waals surface area contributed by atoms with E-state index in [0.717, 1.165) is 12.3 Å². The summed E-state index contributed by atoms with van der Waals surface area (Å²) in [6, 6.07) is 1.12. The number of pyridine rings is 1. The molecule has 1 heterocycles. The highest BCUT2D eigenvalue weighted by atomic mass is 19.4. The Morgan fingerprint density at radius 1 is 1.37 bits per heavy atom. The van der Waals surface area contributed by atoms with Crippen molar-refractivity contribution in [2.75, 3.05) is 13.2 Å². The van der Waals surface area contributed by atoms with Crippen LogP contribution in [0.4, 0.5) is 17.6 Å². The van der Waals surface area contributed by atoms with Gasteiger partial charge in [0, 0.05) is 12.1 Å². The van der Waals surface area contributed by atoms with Gasteiger partial charge in [0.25, 0.3) is 0 Å². The van der Waals surface area contributed by atoms with Gasteiger partial charge in [-0.05, 0) is 18.5 Å². The second kappa shape index (κ2) is 6.70. The van der Waals surface area contributed by atoms with E-state index in [1.807, 2.05) is 13.8 Å². The van der Waals surface area contributed by atoms with Crippen LogP contribution >= 0.6 is 0 Å². The minimum Gasteiger partial charge on any atom is -0.468 e. The lowest BCUT2D eigenvalue weighted by Gasteiger charge is -2.13. The number of ether oxygens (including phenoxy) is 1. The van der Waals surface area contributed by atoms with Gasteiger partial charge in [-0.1, -0.05) is 13.8 Å². The highest BCUT2D eigenvalue weighted by Crippen LogP contribution is 2.20. The fourth-order valence-electron chi connectivity index (χ4n) is 1.37. The summed E-state index contributed by atoms with van der Waals surface area (Å²) in [7, 11) is 0. The van der Waals surface area contributed by atoms with Crippen molar-refractivity contribution in [3.63, 3.8) is 0 Å². The van der Waals surface area contributed by atoms with Crippen LogP contribution in [0.1, 0.15) is 19.4 Å². The fraction of sp³-hybridized carbons (Fsp3) is 0.583. The number of nitrogens with zero attached hydrogens (tertiary/aromatic N) is 1. The molecular formula is C12H16F4N2O. The Kier molecular flexibility index (Phi) is 5.53. The van der Waals surface area contributed by atoms with Crippen molar-refractivity contribution in [2.45, 2.75) is 26.6 Å². The maximum atomic E-state index is 13.0. The summed E-state index contributed by atoms with van der Waals surface area (Å²) in [5.41, 5.74) is 0.268. The Labute approximate surface area is 109 Å². The predicted octanol–water partition coefficient (Wildman–Crippen LogP) is 2.91. The molecule has 0 aliphatic rings. The summed E-state index contributed by atoms with van der Waals surface area (Å²) >= 11 is 0. The standard InChI is InChI=1S/C12H16F4N2O/c1-8(2)4-17-5-9-3-10(13)6-18-11(9)19-7-12(14,15)16/h3,6,8,17H,4-5,7H2,1-2H3. The molecule has 7 heteroatoms. The average molecular weight is 280 g/mol. The Morgan fingerprint density at radius 2 is 2.05 bits per heavy atom. The predicted molar refractivity (Wildman–Crippen MR) is 62.3 cm³/mol. The summed E-state index contributed by atoms with van der Waals surface area (Å²) in [4.78, 5) is 3.54. The number of hydrogen-bond acceptors (Lipinski definition) is 3. The number of nitrogens with one attached hydrogen (secondary N) is 1. The molecule has 1 N–H and O–H groups in total. The van der Waals surface area contributed by atoms with Crippen molar-refractivity contribution in [3.8, 4) is 5.88 Å². The molecule has 0 bridgehead atoms. The van der Waals surface area contributed by atoms with E-state index in [1.165, 1.54) is 0 Å². The number of hydrogen-bond donors (Lipinski definition) is 1. The highest BCUT2D eigenvalue weighted by Gasteiger charge is 2.29. The molecule has 0 aromatic carbocycles. The zero-order valence-corrected chi connectivity index (χ0v) is 10.7. The quantitative estimate of drug-likeness (QED) is 0.814. The maximum absolute atomic E-state index is 13.0. The van der Waals surface area contributed by atoms with Crippen molar-refractivity contribution in [1.29, 1.82) is 0 Å². The molecule has 0 fully saturated rings. The molecule has 0 spiro atoms. The van der Waals surface area contributed by atoms with Gasteiger partial charge >= 0.3 is 6.18 Å². The average Bonchev–Trinajstić information content (AvgIpc) is 2.26. The topological polar surface area (TPSA) is 34.2 Å². The van der Waals surface area contributed by atoms with E-state index in [1.54, 1.807) is 0 Å². The van der Waals surface area contributed by atoms with Crippen LogP contribution in [0.2, 0.25) is 0 Å². The van der Waals surface area contributed by atoms with Crippen molar-refractivity contribution in [2.24, 2.45) is 5.92 Å². The molecule has 0 aliphatic heterocycles. The number of aromatic nitrogens is 1. The van der Waals surface area contributed by atoms with Crippen molar-refractivity contribution in [1.82, 2.24) is 10.3 Å². The molecule has 108 valence electrons. The second-order valence-electron chi connectivity index (χ2n) is 4.55. The first-order valence-corrected chi connectivity index (χ1v) is 5.82. The molecular weight excluding hydrogens is 264 g/mol. The third kappa shape index (κ3) is 6.37. The molecule has 0 atom stereocenters. The van der Waals surface area contributed by atoms with Gasteiger partial charge in [0.15, 0.2) is 6.61 Å². The van der Waals surface area contributed by atoms with E-state index in [9.17, 15) is 17.6 Å². The van der Waals surface area contributed by atoms with Crippen LogP contribution in [0.5, 0.6) is 5.88 Å². The monoisotopic (exact) mass is 280 g/mol. The third-order valence-electron chi connectivity index (χ3n) is 2.13. The van der Waals surface area contributed by atoms with Crippen molar-refractivity contribution < 1.29 is 22.3 Å². The highest BCUT2D eigenvalue weighted by molar-refractivity contribution is 5.26. The van der Waals surface area contributed by atoms with Crippen LogP contribution in [0, 0.1) is 11.7 Å². The number of alkyl halides is 3. The van der Waals surface area contributed by atoms with Crippen LogP contribution in [0.3, 0.4) is 0 Å². The number of rotatable bonds is 6. The van der Waals surface area contributed by atoms with Crippen molar-refractivity contribution in [3.05, 3.63) is 23.6 Å². The van der Waals surface area contributed by atoms with Crippen LogP contribution in [-0.4, -0.2) is 24.3 Å². The minimum atomic E-state index is -4.45. The molecule has 1 aromatic heterocycles. The maximum Gasteiger partial charge on any atom is 0.422 e. The van der Waals surface area contributed by atoms with Crippen LogP contribution in [-0.2, 0) is 6.54 Å². The zero-order valence-electron chi connectivity index (χ0n) is 10.7. The normalized spacial score (nSPS) is 11.9. The largest absolute Gasteiger partial charge is 0.468 e. The van der Waals surface area contributed by atoms with Gasteiger partial charge in [0.05, 0.1) is 6.20 Å². The second-order valence-corrected chi connectivity index (χ2v) is 4.55. The summed E-state index contributed by atoms with van der Waals surface area (Å²) < 4.78 is 53.8. The van der Waals surface area contributed by atoms with E-state index in [-0.39, 0.29) is 18.0 Å². The summed E-state index contributed by atoms with van der Waals surface area (Å²) in [6.07, 6.45) is -3.61. The molecule has 1 aromatic rings. The Hall–Kier alpha value is -1.37. The van der Waals surface area contributed by atoms with Gasteiger partial charge in [-0.3, -0.25) is 0 Å². The van der Waals surface area contributed by atoms with E-state index >= 15 is 0 Å². The Morgan fingerprint density at radius 3 is 2.63 bits per heavy atom. The molecule has 0 aliphatic carbocycles. The summed E-state index contributed by atoms with van der Waals surface area (Å²) in [5, 5.41) is 3.00. The Bertz CT molecular complexity index is 407. The zero-order chi connectivity index (χ0) is 14.5. The van der Waals surface area contributed by atoms with Gasteiger partial charge in [0.2, 0.25) is 5.88 Å². The first-order chi connectivity index (χ1) is 8.78. The molecule has 0 saturated carbocycles. The van der Waals surface area contributed by atoms with Crippen LogP contribution < -0.4 is 10.1 Å². The molecule has 0 saturated heterocycles. The van der Waals surface area contributed by atoms with Crippen molar-refractivity contribution >= 4 is 0 Å². The first kappa shape index (κ1) is 15.7.